The van der Waals surface area contributed by atoms with Gasteiger partial charge in [-0.05, 0) is 38.1 Å². The summed E-state index contributed by atoms with van der Waals surface area (Å²) in [5, 5.41) is 4.01. The van der Waals surface area contributed by atoms with Gasteiger partial charge in [0.15, 0.2) is 0 Å². The third kappa shape index (κ3) is 4.68. The summed E-state index contributed by atoms with van der Waals surface area (Å²) < 4.78 is 5.29. The van der Waals surface area contributed by atoms with Crippen LogP contribution < -0.4 is 0 Å². The molecule has 0 aliphatic rings. The Kier molecular flexibility index (Phi) is 6.15. The van der Waals surface area contributed by atoms with Crippen LogP contribution >= 0.6 is 0 Å². The van der Waals surface area contributed by atoms with Gasteiger partial charge in [0.25, 0.3) is 5.91 Å². The lowest BCUT2D eigenvalue weighted by atomic mass is 10.1. The van der Waals surface area contributed by atoms with Gasteiger partial charge in [-0.25, -0.2) is 0 Å². The number of nitrogens with zero attached hydrogens (tertiary/aromatic N) is 3. The number of aromatic nitrogens is 1. The van der Waals surface area contributed by atoms with Crippen LogP contribution in [-0.4, -0.2) is 48.0 Å². The van der Waals surface area contributed by atoms with Gasteiger partial charge in [-0.1, -0.05) is 43.3 Å². The highest BCUT2D eigenvalue weighted by atomic mass is 16.5. The minimum atomic E-state index is -0.112. The first kappa shape index (κ1) is 18.2. The Morgan fingerprint density at radius 2 is 1.92 bits per heavy atom. The highest BCUT2D eigenvalue weighted by Gasteiger charge is 2.22. The number of hydrogen-bond donors (Lipinski definition) is 0. The number of likely N-dealkylation sites (N-methyl/N-ethyl adjacent to an activating group) is 1. The van der Waals surface area contributed by atoms with E-state index in [1.807, 2.05) is 45.0 Å². The van der Waals surface area contributed by atoms with Crippen LogP contribution in [0.25, 0.3) is 0 Å². The van der Waals surface area contributed by atoms with Gasteiger partial charge >= 0.3 is 0 Å². The maximum Gasteiger partial charge on any atom is 0.292 e. The maximum absolute atomic E-state index is 12.9. The van der Waals surface area contributed by atoms with E-state index in [1.165, 1.54) is 5.56 Å². The highest BCUT2D eigenvalue weighted by molar-refractivity contribution is 5.91. The molecule has 0 saturated heterocycles. The molecular formula is C19H27N3O2. The van der Waals surface area contributed by atoms with Crippen LogP contribution in [0.2, 0.25) is 0 Å². The molecule has 0 spiro atoms. The monoisotopic (exact) mass is 329 g/mol. The first-order chi connectivity index (χ1) is 11.4. The van der Waals surface area contributed by atoms with Crippen molar-refractivity contribution in [1.82, 2.24) is 15.0 Å². The molecule has 2 aromatic rings. The number of amides is 1. The summed E-state index contributed by atoms with van der Waals surface area (Å²) in [7, 11) is 4.00. The molecule has 0 aliphatic carbocycles. The van der Waals surface area contributed by atoms with Crippen molar-refractivity contribution in [3.63, 3.8) is 0 Å². The number of carbonyl (C=O) groups is 1. The molecule has 1 heterocycles. The van der Waals surface area contributed by atoms with Crippen molar-refractivity contribution in [2.24, 2.45) is 0 Å². The molecule has 130 valence electrons. The molecule has 0 fully saturated rings. The number of carbonyl (C=O) groups excluding carboxylic acids is 1. The molecule has 2 rings (SSSR count). The summed E-state index contributed by atoms with van der Waals surface area (Å²) in [5.41, 5.74) is 3.13. The van der Waals surface area contributed by atoms with Crippen LogP contribution in [0.3, 0.4) is 0 Å². The van der Waals surface area contributed by atoms with Crippen LogP contribution in [0.1, 0.15) is 47.1 Å². The minimum absolute atomic E-state index is 0.112. The second-order valence-corrected chi connectivity index (χ2v) is 6.73. The molecule has 1 amide bonds. The Hall–Kier alpha value is -2.14. The molecule has 0 bridgehead atoms. The van der Waals surface area contributed by atoms with Crippen LogP contribution in [0.15, 0.2) is 34.9 Å². The standard InChI is InChI=1S/C19H27N3O2/c1-14(2)17-12-18(24-20-17)19(23)22(11-10-21(4)5)13-16-9-7-6-8-15(16)3/h6-9,12,14H,10-11,13H2,1-5H3. The Morgan fingerprint density at radius 1 is 1.21 bits per heavy atom. The molecular weight excluding hydrogens is 302 g/mol. The summed E-state index contributed by atoms with van der Waals surface area (Å²) in [4.78, 5) is 16.8. The summed E-state index contributed by atoms with van der Waals surface area (Å²) in [6.07, 6.45) is 0. The van der Waals surface area contributed by atoms with E-state index in [1.54, 1.807) is 6.07 Å². The first-order valence-electron chi connectivity index (χ1n) is 8.33. The summed E-state index contributed by atoms with van der Waals surface area (Å²) in [5.74, 6) is 0.437. The van der Waals surface area contributed by atoms with Crippen molar-refractivity contribution in [2.75, 3.05) is 27.2 Å². The van der Waals surface area contributed by atoms with E-state index in [-0.39, 0.29) is 11.8 Å². The SMILES string of the molecule is Cc1ccccc1CN(CCN(C)C)C(=O)c1cc(C(C)C)no1. The van der Waals surface area contributed by atoms with E-state index >= 15 is 0 Å². The van der Waals surface area contributed by atoms with Gasteiger partial charge in [0, 0.05) is 25.7 Å². The molecule has 0 atom stereocenters. The van der Waals surface area contributed by atoms with Crippen molar-refractivity contribution < 1.29 is 9.32 Å². The van der Waals surface area contributed by atoms with E-state index in [2.05, 4.69) is 29.1 Å². The van der Waals surface area contributed by atoms with Crippen LogP contribution in [-0.2, 0) is 6.54 Å². The van der Waals surface area contributed by atoms with Crippen LogP contribution in [0.4, 0.5) is 0 Å². The number of hydrogen-bond acceptors (Lipinski definition) is 4. The zero-order valence-corrected chi connectivity index (χ0v) is 15.2. The fraction of sp³-hybridized carbons (Fsp3) is 0.474. The Balaban J connectivity index is 2.20. The fourth-order valence-electron chi connectivity index (χ4n) is 2.38. The third-order valence-corrected chi connectivity index (χ3v) is 4.06. The van der Waals surface area contributed by atoms with Gasteiger partial charge in [0.2, 0.25) is 5.76 Å². The lowest BCUT2D eigenvalue weighted by Gasteiger charge is -2.24. The molecule has 0 N–H and O–H groups in total. The molecule has 5 nitrogen and oxygen atoms in total. The molecule has 24 heavy (non-hydrogen) atoms. The Bertz CT molecular complexity index is 677. The topological polar surface area (TPSA) is 49.6 Å². The number of rotatable bonds is 7. The highest BCUT2D eigenvalue weighted by Crippen LogP contribution is 2.17. The predicted octanol–water partition coefficient (Wildman–Crippen LogP) is 3.31. The number of benzene rings is 1. The zero-order valence-electron chi connectivity index (χ0n) is 15.2. The van der Waals surface area contributed by atoms with Crippen molar-refractivity contribution in [3.8, 4) is 0 Å². The van der Waals surface area contributed by atoms with Crippen LogP contribution in [0.5, 0.6) is 0 Å². The van der Waals surface area contributed by atoms with Gasteiger partial charge in [0.05, 0.1) is 5.69 Å². The van der Waals surface area contributed by atoms with Gasteiger partial charge in [-0.3, -0.25) is 4.79 Å². The molecule has 5 heteroatoms. The lowest BCUT2D eigenvalue weighted by molar-refractivity contribution is 0.0689. The fourth-order valence-corrected chi connectivity index (χ4v) is 2.38. The van der Waals surface area contributed by atoms with Gasteiger partial charge in [0.1, 0.15) is 0 Å². The van der Waals surface area contributed by atoms with Crippen molar-refractivity contribution in [3.05, 3.63) is 52.9 Å². The van der Waals surface area contributed by atoms with Crippen LogP contribution in [0, 0.1) is 6.92 Å². The average molecular weight is 329 g/mol. The normalized spacial score (nSPS) is 11.3. The molecule has 0 radical (unpaired) electrons. The molecule has 1 aromatic carbocycles. The average Bonchev–Trinajstić information content (AvgIpc) is 3.02. The van der Waals surface area contributed by atoms with Gasteiger partial charge < -0.3 is 14.3 Å². The third-order valence-electron chi connectivity index (χ3n) is 4.06. The van der Waals surface area contributed by atoms with E-state index in [9.17, 15) is 4.79 Å². The largest absolute Gasteiger partial charge is 0.351 e. The summed E-state index contributed by atoms with van der Waals surface area (Å²) >= 11 is 0. The Labute approximate surface area is 144 Å². The first-order valence-corrected chi connectivity index (χ1v) is 8.33. The molecule has 0 unspecified atom stereocenters. The Morgan fingerprint density at radius 3 is 2.50 bits per heavy atom. The second kappa shape index (κ2) is 8.11. The summed E-state index contributed by atoms with van der Waals surface area (Å²) in [6.45, 7) is 8.12. The lowest BCUT2D eigenvalue weighted by Crippen LogP contribution is -2.36. The predicted molar refractivity (Wildman–Crippen MR) is 95.1 cm³/mol. The second-order valence-electron chi connectivity index (χ2n) is 6.73. The smallest absolute Gasteiger partial charge is 0.292 e. The van der Waals surface area contributed by atoms with Gasteiger partial charge in [-0.15, -0.1) is 0 Å². The quantitative estimate of drug-likeness (QED) is 0.782. The van der Waals surface area contributed by atoms with Crippen molar-refractivity contribution >= 4 is 5.91 Å². The van der Waals surface area contributed by atoms with E-state index in [4.69, 9.17) is 4.52 Å². The van der Waals surface area contributed by atoms with Crippen molar-refractivity contribution in [2.45, 2.75) is 33.2 Å². The summed E-state index contributed by atoms with van der Waals surface area (Å²) in [6, 6.07) is 9.90. The van der Waals surface area contributed by atoms with E-state index in [0.29, 0.717) is 18.8 Å². The minimum Gasteiger partial charge on any atom is -0.351 e. The van der Waals surface area contributed by atoms with Gasteiger partial charge in [-0.2, -0.15) is 0 Å². The van der Waals surface area contributed by atoms with E-state index < -0.39 is 0 Å². The maximum atomic E-state index is 12.9. The molecule has 0 aliphatic heterocycles. The molecule has 1 aromatic heterocycles. The number of aryl methyl sites for hydroxylation is 1. The molecule has 0 saturated carbocycles. The van der Waals surface area contributed by atoms with Crippen molar-refractivity contribution in [1.29, 1.82) is 0 Å². The van der Waals surface area contributed by atoms with E-state index in [0.717, 1.165) is 17.8 Å². The zero-order chi connectivity index (χ0) is 17.7.